The maximum Gasteiger partial charge on any atom is 0.0935 e. The number of aryl methyl sites for hydroxylation is 1. The molecule has 3 rings (SSSR count). The summed E-state index contributed by atoms with van der Waals surface area (Å²) in [6, 6.07) is 8.78. The van der Waals surface area contributed by atoms with Gasteiger partial charge >= 0.3 is 0 Å². The first-order chi connectivity index (χ1) is 9.38. The van der Waals surface area contributed by atoms with Gasteiger partial charge in [-0.05, 0) is 43.1 Å². The molecule has 0 bridgehead atoms. The van der Waals surface area contributed by atoms with E-state index in [9.17, 15) is 0 Å². The number of hydrogen-bond donors (Lipinski definition) is 1. The third-order valence-electron chi connectivity index (χ3n) is 3.83. The number of aromatic nitrogens is 1. The summed E-state index contributed by atoms with van der Waals surface area (Å²) >= 11 is 0. The zero-order chi connectivity index (χ0) is 13.1. The van der Waals surface area contributed by atoms with E-state index in [2.05, 4.69) is 40.3 Å². The predicted octanol–water partition coefficient (Wildman–Crippen LogP) is 3.44. The first-order valence-corrected chi connectivity index (χ1v) is 7.22. The number of nitrogens with one attached hydrogen (secondary N) is 1. The number of rotatable bonds is 2. The van der Waals surface area contributed by atoms with E-state index >= 15 is 0 Å². The van der Waals surface area contributed by atoms with Gasteiger partial charge in [-0.1, -0.05) is 13.0 Å². The Bertz CT molecular complexity index is 566. The molecule has 1 N–H and O–H groups in total. The first kappa shape index (κ1) is 18.0. The fraction of sp³-hybridized carbons (Fsp3) is 0.438. The van der Waals surface area contributed by atoms with Crippen molar-refractivity contribution in [3.8, 4) is 0 Å². The summed E-state index contributed by atoms with van der Waals surface area (Å²) in [7, 11) is 0. The van der Waals surface area contributed by atoms with Crippen LogP contribution in [0.4, 0.5) is 5.69 Å². The Morgan fingerprint density at radius 2 is 2.05 bits per heavy atom. The van der Waals surface area contributed by atoms with E-state index in [1.807, 2.05) is 12.3 Å². The van der Waals surface area contributed by atoms with E-state index < -0.39 is 0 Å². The smallest absolute Gasteiger partial charge is 0.0935 e. The molecule has 1 aromatic heterocycles. The van der Waals surface area contributed by atoms with Crippen LogP contribution in [-0.2, 0) is 6.42 Å². The van der Waals surface area contributed by atoms with E-state index in [0.717, 1.165) is 38.1 Å². The molecule has 1 aliphatic heterocycles. The van der Waals surface area contributed by atoms with Crippen molar-refractivity contribution in [3.05, 3.63) is 36.0 Å². The summed E-state index contributed by atoms with van der Waals surface area (Å²) in [4.78, 5) is 7.08. The molecular weight excluding hydrogens is 305 g/mol. The van der Waals surface area contributed by atoms with Crippen LogP contribution in [0.25, 0.3) is 10.9 Å². The summed E-state index contributed by atoms with van der Waals surface area (Å²) in [6.07, 6.45) is 4.17. The van der Waals surface area contributed by atoms with Gasteiger partial charge in [0.2, 0.25) is 0 Å². The average Bonchev–Trinajstić information content (AvgIpc) is 2.75. The standard InChI is InChI=1S/C16H21N3.2ClH/c1-2-13-11-14-5-3-7-18-16(14)15(12-13)19-9-4-6-17-8-10-19;;/h3,5,7,11-12,17H,2,4,6,8-10H2,1H3;2*1H. The number of nitrogens with zero attached hydrogens (tertiary/aromatic N) is 2. The van der Waals surface area contributed by atoms with Crippen LogP contribution in [0.15, 0.2) is 30.5 Å². The minimum atomic E-state index is 0. The van der Waals surface area contributed by atoms with E-state index in [1.54, 1.807) is 0 Å². The van der Waals surface area contributed by atoms with Gasteiger partial charge in [0.25, 0.3) is 0 Å². The second-order valence-corrected chi connectivity index (χ2v) is 5.13. The average molecular weight is 328 g/mol. The maximum atomic E-state index is 4.60. The second-order valence-electron chi connectivity index (χ2n) is 5.13. The van der Waals surface area contributed by atoms with Gasteiger partial charge in [0.05, 0.1) is 11.2 Å². The molecular formula is C16H23Cl2N3. The Kier molecular flexibility index (Phi) is 7.23. The third kappa shape index (κ3) is 4.00. The lowest BCUT2D eigenvalue weighted by atomic mass is 10.1. The van der Waals surface area contributed by atoms with Gasteiger partial charge in [0.15, 0.2) is 0 Å². The summed E-state index contributed by atoms with van der Waals surface area (Å²) in [5.41, 5.74) is 3.84. The highest BCUT2D eigenvalue weighted by molar-refractivity contribution is 5.91. The van der Waals surface area contributed by atoms with Crippen LogP contribution in [0.5, 0.6) is 0 Å². The molecule has 1 fully saturated rings. The molecule has 1 saturated heterocycles. The molecule has 0 aliphatic carbocycles. The lowest BCUT2D eigenvalue weighted by Gasteiger charge is -2.24. The van der Waals surface area contributed by atoms with Crippen LogP contribution in [0.1, 0.15) is 18.9 Å². The minimum Gasteiger partial charge on any atom is -0.368 e. The normalized spacial score (nSPS) is 15.0. The number of anilines is 1. The number of halogens is 2. The molecule has 2 aromatic rings. The van der Waals surface area contributed by atoms with E-state index in [1.165, 1.54) is 23.1 Å². The second kappa shape index (κ2) is 8.42. The Labute approximate surface area is 138 Å². The van der Waals surface area contributed by atoms with Crippen LogP contribution < -0.4 is 10.2 Å². The monoisotopic (exact) mass is 327 g/mol. The summed E-state index contributed by atoms with van der Waals surface area (Å²) in [6.45, 7) is 6.58. The Morgan fingerprint density at radius 3 is 2.86 bits per heavy atom. The summed E-state index contributed by atoms with van der Waals surface area (Å²) < 4.78 is 0. The summed E-state index contributed by atoms with van der Waals surface area (Å²) in [5, 5.41) is 4.72. The fourth-order valence-corrected chi connectivity index (χ4v) is 2.77. The SMILES string of the molecule is CCc1cc(N2CCCNCC2)c2ncccc2c1.Cl.Cl. The summed E-state index contributed by atoms with van der Waals surface area (Å²) in [5.74, 6) is 0. The Hall–Kier alpha value is -1.03. The quantitative estimate of drug-likeness (QED) is 0.915. The molecule has 0 amide bonds. The van der Waals surface area contributed by atoms with Crippen molar-refractivity contribution in [2.24, 2.45) is 0 Å². The van der Waals surface area contributed by atoms with Crippen molar-refractivity contribution in [2.45, 2.75) is 19.8 Å². The molecule has 0 unspecified atom stereocenters. The highest BCUT2D eigenvalue weighted by Gasteiger charge is 2.14. The molecule has 0 radical (unpaired) electrons. The molecule has 116 valence electrons. The van der Waals surface area contributed by atoms with Gasteiger partial charge in [-0.3, -0.25) is 4.98 Å². The molecule has 2 heterocycles. The molecule has 3 nitrogen and oxygen atoms in total. The van der Waals surface area contributed by atoms with Crippen molar-refractivity contribution in [2.75, 3.05) is 31.1 Å². The predicted molar refractivity (Wildman–Crippen MR) is 95.3 cm³/mol. The van der Waals surface area contributed by atoms with Crippen LogP contribution in [-0.4, -0.2) is 31.2 Å². The van der Waals surface area contributed by atoms with Crippen LogP contribution in [0, 0.1) is 0 Å². The number of hydrogen-bond acceptors (Lipinski definition) is 3. The lowest BCUT2D eigenvalue weighted by molar-refractivity contribution is 0.724. The van der Waals surface area contributed by atoms with Gasteiger partial charge in [0, 0.05) is 31.2 Å². The Balaban J connectivity index is 0.00000110. The van der Waals surface area contributed by atoms with Gasteiger partial charge in [-0.25, -0.2) is 0 Å². The Morgan fingerprint density at radius 1 is 1.19 bits per heavy atom. The van der Waals surface area contributed by atoms with Crippen molar-refractivity contribution in [1.29, 1.82) is 0 Å². The fourth-order valence-electron chi connectivity index (χ4n) is 2.77. The highest BCUT2D eigenvalue weighted by atomic mass is 35.5. The van der Waals surface area contributed by atoms with E-state index in [0.29, 0.717) is 0 Å². The molecule has 0 atom stereocenters. The number of benzene rings is 1. The van der Waals surface area contributed by atoms with Crippen molar-refractivity contribution >= 4 is 41.4 Å². The van der Waals surface area contributed by atoms with Crippen molar-refractivity contribution < 1.29 is 0 Å². The molecule has 21 heavy (non-hydrogen) atoms. The van der Waals surface area contributed by atoms with Gasteiger partial charge < -0.3 is 10.2 Å². The third-order valence-corrected chi connectivity index (χ3v) is 3.83. The maximum absolute atomic E-state index is 4.60. The number of fused-ring (bicyclic) bond motifs is 1. The molecule has 5 heteroatoms. The molecule has 1 aromatic carbocycles. The van der Waals surface area contributed by atoms with Crippen LogP contribution in [0.2, 0.25) is 0 Å². The van der Waals surface area contributed by atoms with E-state index in [-0.39, 0.29) is 24.8 Å². The topological polar surface area (TPSA) is 28.2 Å². The van der Waals surface area contributed by atoms with Crippen molar-refractivity contribution in [1.82, 2.24) is 10.3 Å². The first-order valence-electron chi connectivity index (χ1n) is 7.22. The van der Waals surface area contributed by atoms with E-state index in [4.69, 9.17) is 0 Å². The van der Waals surface area contributed by atoms with Crippen LogP contribution in [0.3, 0.4) is 0 Å². The van der Waals surface area contributed by atoms with Crippen molar-refractivity contribution in [3.63, 3.8) is 0 Å². The molecule has 1 aliphatic rings. The molecule has 0 spiro atoms. The minimum absolute atomic E-state index is 0. The van der Waals surface area contributed by atoms with Gasteiger partial charge in [-0.15, -0.1) is 24.8 Å². The number of pyridine rings is 1. The zero-order valence-corrected chi connectivity index (χ0v) is 14.0. The largest absolute Gasteiger partial charge is 0.368 e. The zero-order valence-electron chi connectivity index (χ0n) is 12.3. The highest BCUT2D eigenvalue weighted by Crippen LogP contribution is 2.27. The molecule has 0 saturated carbocycles. The lowest BCUT2D eigenvalue weighted by Crippen LogP contribution is -2.28. The van der Waals surface area contributed by atoms with Gasteiger partial charge in [-0.2, -0.15) is 0 Å². The van der Waals surface area contributed by atoms with Crippen LogP contribution >= 0.6 is 24.8 Å². The van der Waals surface area contributed by atoms with Gasteiger partial charge in [0.1, 0.15) is 0 Å².